The molecule has 156 valence electrons. The Hall–Kier alpha value is -3.12. The molecule has 0 atom stereocenters. The first kappa shape index (κ1) is 19.8. The van der Waals surface area contributed by atoms with Crippen molar-refractivity contribution in [1.29, 1.82) is 0 Å². The molecule has 1 aliphatic rings. The molecule has 1 heterocycles. The van der Waals surface area contributed by atoms with Crippen LogP contribution in [0.15, 0.2) is 76.7 Å². The van der Waals surface area contributed by atoms with E-state index in [-0.39, 0.29) is 23.3 Å². The second-order valence-corrected chi connectivity index (χ2v) is 8.83. The van der Waals surface area contributed by atoms with Crippen molar-refractivity contribution in [1.82, 2.24) is 9.55 Å². The standard InChI is InChI=1S/C25H23N3O2S/c29-23(26-21-15-7-9-17-8-1-4-12-19(17)21)16-31-25-27-22-14-6-5-13-20(22)24(30)28(25)18-10-2-3-11-18/h1,4-9,12-15,18H,2-3,10-11,16H2,(H,26,29). The Morgan fingerprint density at radius 1 is 0.968 bits per heavy atom. The maximum atomic E-state index is 13.2. The van der Waals surface area contributed by atoms with E-state index in [1.165, 1.54) is 11.8 Å². The SMILES string of the molecule is O=C(CSc1nc2ccccc2c(=O)n1C1CCCC1)Nc1cccc2ccccc12. The van der Waals surface area contributed by atoms with Gasteiger partial charge in [0.2, 0.25) is 5.91 Å². The van der Waals surface area contributed by atoms with E-state index in [4.69, 9.17) is 4.98 Å². The van der Waals surface area contributed by atoms with Crippen molar-refractivity contribution in [2.24, 2.45) is 0 Å². The number of carbonyl (C=O) groups excluding carboxylic acids is 1. The number of hydrogen-bond donors (Lipinski definition) is 1. The van der Waals surface area contributed by atoms with Crippen molar-refractivity contribution in [3.05, 3.63) is 77.1 Å². The number of amides is 1. The summed E-state index contributed by atoms with van der Waals surface area (Å²) in [6.45, 7) is 0. The van der Waals surface area contributed by atoms with Crippen LogP contribution in [0.25, 0.3) is 21.7 Å². The third-order valence-corrected chi connectivity index (χ3v) is 6.81. The fourth-order valence-corrected chi connectivity index (χ4v) is 5.23. The van der Waals surface area contributed by atoms with Gasteiger partial charge in [-0.25, -0.2) is 4.98 Å². The van der Waals surface area contributed by atoms with Gasteiger partial charge in [0, 0.05) is 17.1 Å². The molecule has 0 aliphatic heterocycles. The largest absolute Gasteiger partial charge is 0.325 e. The van der Waals surface area contributed by atoms with E-state index in [0.29, 0.717) is 16.1 Å². The van der Waals surface area contributed by atoms with Crippen LogP contribution >= 0.6 is 11.8 Å². The first-order valence-corrected chi connectivity index (χ1v) is 11.6. The number of rotatable bonds is 5. The normalized spacial score (nSPS) is 14.3. The minimum absolute atomic E-state index is 0.00513. The van der Waals surface area contributed by atoms with Gasteiger partial charge < -0.3 is 5.32 Å². The van der Waals surface area contributed by atoms with Crippen LogP contribution in [-0.2, 0) is 4.79 Å². The maximum absolute atomic E-state index is 13.2. The highest BCUT2D eigenvalue weighted by molar-refractivity contribution is 7.99. The summed E-state index contributed by atoms with van der Waals surface area (Å²) in [5.74, 6) is 0.0857. The lowest BCUT2D eigenvalue weighted by Crippen LogP contribution is -2.27. The number of carbonyl (C=O) groups is 1. The summed E-state index contributed by atoms with van der Waals surface area (Å²) < 4.78 is 1.82. The summed E-state index contributed by atoms with van der Waals surface area (Å²) in [6, 6.07) is 21.5. The van der Waals surface area contributed by atoms with Gasteiger partial charge in [0.1, 0.15) is 0 Å². The van der Waals surface area contributed by atoms with Crippen molar-refractivity contribution in [2.75, 3.05) is 11.1 Å². The predicted octanol–water partition coefficient (Wildman–Crippen LogP) is 5.40. The highest BCUT2D eigenvalue weighted by Gasteiger charge is 2.23. The average molecular weight is 430 g/mol. The van der Waals surface area contributed by atoms with Crippen LogP contribution in [0, 0.1) is 0 Å². The Morgan fingerprint density at radius 2 is 1.68 bits per heavy atom. The fourth-order valence-electron chi connectivity index (χ4n) is 4.36. The van der Waals surface area contributed by atoms with Crippen LogP contribution in [0.4, 0.5) is 5.69 Å². The highest BCUT2D eigenvalue weighted by atomic mass is 32.2. The summed E-state index contributed by atoms with van der Waals surface area (Å²) in [4.78, 5) is 30.7. The number of fused-ring (bicyclic) bond motifs is 2. The lowest BCUT2D eigenvalue weighted by molar-refractivity contribution is -0.113. The highest BCUT2D eigenvalue weighted by Crippen LogP contribution is 2.32. The van der Waals surface area contributed by atoms with Gasteiger partial charge in [0.15, 0.2) is 5.16 Å². The fraction of sp³-hybridized carbons (Fsp3) is 0.240. The van der Waals surface area contributed by atoms with Crippen LogP contribution in [0.1, 0.15) is 31.7 Å². The molecule has 1 saturated carbocycles. The van der Waals surface area contributed by atoms with Gasteiger partial charge in [-0.2, -0.15) is 0 Å². The minimum atomic E-state index is -0.110. The number of nitrogens with zero attached hydrogens (tertiary/aromatic N) is 2. The zero-order chi connectivity index (χ0) is 21.2. The average Bonchev–Trinajstić information content (AvgIpc) is 3.32. The van der Waals surface area contributed by atoms with Gasteiger partial charge >= 0.3 is 0 Å². The summed E-state index contributed by atoms with van der Waals surface area (Å²) in [5.41, 5.74) is 1.47. The van der Waals surface area contributed by atoms with E-state index >= 15 is 0 Å². The molecule has 0 spiro atoms. The van der Waals surface area contributed by atoms with Crippen molar-refractivity contribution in [3.8, 4) is 0 Å². The summed E-state index contributed by atoms with van der Waals surface area (Å²) in [6.07, 6.45) is 4.20. The maximum Gasteiger partial charge on any atom is 0.262 e. The Balaban J connectivity index is 1.41. The smallest absolute Gasteiger partial charge is 0.262 e. The number of anilines is 1. The Labute approximate surface area is 184 Å². The monoisotopic (exact) mass is 429 g/mol. The number of para-hydroxylation sites is 1. The molecule has 0 saturated heterocycles. The van der Waals surface area contributed by atoms with Crippen molar-refractivity contribution < 1.29 is 4.79 Å². The van der Waals surface area contributed by atoms with Gasteiger partial charge in [-0.15, -0.1) is 0 Å². The Bertz CT molecular complexity index is 1320. The van der Waals surface area contributed by atoms with Crippen LogP contribution in [0.3, 0.4) is 0 Å². The molecule has 6 heteroatoms. The number of benzene rings is 3. The lowest BCUT2D eigenvalue weighted by Gasteiger charge is -2.18. The molecule has 5 nitrogen and oxygen atoms in total. The van der Waals surface area contributed by atoms with Crippen molar-refractivity contribution in [2.45, 2.75) is 36.9 Å². The number of aromatic nitrogens is 2. The molecule has 0 unspecified atom stereocenters. The number of hydrogen-bond acceptors (Lipinski definition) is 4. The molecule has 1 aliphatic carbocycles. The molecule has 1 amide bonds. The van der Waals surface area contributed by atoms with E-state index in [2.05, 4.69) is 5.32 Å². The minimum Gasteiger partial charge on any atom is -0.325 e. The van der Waals surface area contributed by atoms with Crippen LogP contribution < -0.4 is 10.9 Å². The van der Waals surface area contributed by atoms with Gasteiger partial charge in [-0.1, -0.05) is 73.1 Å². The number of nitrogens with one attached hydrogen (secondary N) is 1. The molecule has 1 N–H and O–H groups in total. The second-order valence-electron chi connectivity index (χ2n) is 7.89. The van der Waals surface area contributed by atoms with Crippen LogP contribution in [0.5, 0.6) is 0 Å². The van der Waals surface area contributed by atoms with Crippen molar-refractivity contribution >= 4 is 45.0 Å². The zero-order valence-corrected chi connectivity index (χ0v) is 17.9. The molecular formula is C25H23N3O2S. The molecule has 0 bridgehead atoms. The van der Waals surface area contributed by atoms with Crippen LogP contribution in [-0.4, -0.2) is 21.2 Å². The van der Waals surface area contributed by atoms with E-state index in [9.17, 15) is 9.59 Å². The van der Waals surface area contributed by atoms with Gasteiger partial charge in [-0.05, 0) is 36.4 Å². The van der Waals surface area contributed by atoms with E-state index < -0.39 is 0 Å². The molecule has 4 aromatic rings. The molecule has 3 aromatic carbocycles. The third kappa shape index (κ3) is 3.95. The zero-order valence-electron chi connectivity index (χ0n) is 17.1. The number of thioether (sulfide) groups is 1. The third-order valence-electron chi connectivity index (χ3n) is 5.86. The van der Waals surface area contributed by atoms with E-state index in [1.807, 2.05) is 71.3 Å². The van der Waals surface area contributed by atoms with Gasteiger partial charge in [-0.3, -0.25) is 14.2 Å². The van der Waals surface area contributed by atoms with E-state index in [1.54, 1.807) is 0 Å². The molecule has 5 rings (SSSR count). The van der Waals surface area contributed by atoms with Gasteiger partial charge in [0.05, 0.1) is 16.7 Å². The topological polar surface area (TPSA) is 64.0 Å². The summed E-state index contributed by atoms with van der Waals surface area (Å²) >= 11 is 1.34. The summed E-state index contributed by atoms with van der Waals surface area (Å²) in [5, 5.41) is 6.38. The lowest BCUT2D eigenvalue weighted by atomic mass is 10.1. The second kappa shape index (κ2) is 8.55. The summed E-state index contributed by atoms with van der Waals surface area (Å²) in [7, 11) is 0. The molecule has 0 radical (unpaired) electrons. The van der Waals surface area contributed by atoms with E-state index in [0.717, 1.165) is 42.1 Å². The Kier molecular flexibility index (Phi) is 5.47. The molecule has 31 heavy (non-hydrogen) atoms. The Morgan fingerprint density at radius 3 is 2.52 bits per heavy atom. The van der Waals surface area contributed by atoms with Crippen LogP contribution in [0.2, 0.25) is 0 Å². The first-order chi connectivity index (χ1) is 15.2. The van der Waals surface area contributed by atoms with Gasteiger partial charge in [0.25, 0.3) is 5.56 Å². The molecular weight excluding hydrogens is 406 g/mol. The predicted molar refractivity (Wildman–Crippen MR) is 127 cm³/mol. The molecule has 1 aromatic heterocycles. The first-order valence-electron chi connectivity index (χ1n) is 10.6. The van der Waals surface area contributed by atoms with Crippen molar-refractivity contribution in [3.63, 3.8) is 0 Å². The molecule has 1 fully saturated rings. The quantitative estimate of drug-likeness (QED) is 0.341.